The maximum atomic E-state index is 11.8. The zero-order valence-electron chi connectivity index (χ0n) is 12.9. The molecule has 1 saturated heterocycles. The highest BCUT2D eigenvalue weighted by atomic mass is 16.5. The van der Waals surface area contributed by atoms with E-state index < -0.39 is 0 Å². The summed E-state index contributed by atoms with van der Waals surface area (Å²) in [4.78, 5) is 13.7. The fraction of sp³-hybridized carbons (Fsp3) is 0.500. The SMILES string of the molecule is CC#CC(=O)N1CCCC(CCc2ccc(OC)cc2)C1. The average Bonchev–Trinajstić information content (AvgIpc) is 2.54. The lowest BCUT2D eigenvalue weighted by atomic mass is 9.91. The van der Waals surface area contributed by atoms with Crippen molar-refractivity contribution in [3.63, 3.8) is 0 Å². The predicted octanol–water partition coefficient (Wildman–Crippen LogP) is 2.89. The third-order valence-corrected chi connectivity index (χ3v) is 4.04. The van der Waals surface area contributed by atoms with Crippen molar-refractivity contribution >= 4 is 5.91 Å². The number of amides is 1. The van der Waals surface area contributed by atoms with Gasteiger partial charge in [0.05, 0.1) is 7.11 Å². The van der Waals surface area contributed by atoms with Crippen molar-refractivity contribution in [2.75, 3.05) is 20.2 Å². The third-order valence-electron chi connectivity index (χ3n) is 4.04. The van der Waals surface area contributed by atoms with Gasteiger partial charge in [-0.1, -0.05) is 18.1 Å². The second kappa shape index (κ2) is 7.73. The Labute approximate surface area is 127 Å². The van der Waals surface area contributed by atoms with E-state index in [1.807, 2.05) is 17.0 Å². The molecule has 1 aromatic rings. The molecule has 1 fully saturated rings. The minimum Gasteiger partial charge on any atom is -0.497 e. The molecule has 1 amide bonds. The van der Waals surface area contributed by atoms with Crippen LogP contribution < -0.4 is 4.74 Å². The highest BCUT2D eigenvalue weighted by molar-refractivity contribution is 5.93. The molecule has 0 bridgehead atoms. The maximum Gasteiger partial charge on any atom is 0.298 e. The summed E-state index contributed by atoms with van der Waals surface area (Å²) in [6.45, 7) is 3.42. The Balaban J connectivity index is 1.84. The van der Waals surface area contributed by atoms with Crippen molar-refractivity contribution in [3.05, 3.63) is 29.8 Å². The topological polar surface area (TPSA) is 29.5 Å². The van der Waals surface area contributed by atoms with Gasteiger partial charge in [-0.15, -0.1) is 0 Å². The molecule has 0 N–H and O–H groups in total. The molecule has 0 radical (unpaired) electrons. The summed E-state index contributed by atoms with van der Waals surface area (Å²) in [5, 5.41) is 0. The summed E-state index contributed by atoms with van der Waals surface area (Å²) in [6, 6.07) is 8.24. The number of methoxy groups -OCH3 is 1. The van der Waals surface area contributed by atoms with Crippen LogP contribution in [0, 0.1) is 17.8 Å². The standard InChI is InChI=1S/C18H23NO2/c1-3-5-18(20)19-13-4-6-16(14-19)8-7-15-9-11-17(21-2)12-10-15/h9-12,16H,4,6-8,13-14H2,1-2H3. The Hall–Kier alpha value is -1.95. The number of benzene rings is 1. The van der Waals surface area contributed by atoms with Crippen LogP contribution in [-0.4, -0.2) is 31.0 Å². The summed E-state index contributed by atoms with van der Waals surface area (Å²) in [7, 11) is 1.68. The van der Waals surface area contributed by atoms with Crippen LogP contribution in [0.3, 0.4) is 0 Å². The lowest BCUT2D eigenvalue weighted by molar-refractivity contribution is -0.126. The Morgan fingerprint density at radius 2 is 2.14 bits per heavy atom. The van der Waals surface area contributed by atoms with Gasteiger partial charge in [-0.25, -0.2) is 0 Å². The molecular formula is C18H23NO2. The number of nitrogens with zero attached hydrogens (tertiary/aromatic N) is 1. The van der Waals surface area contributed by atoms with Gasteiger partial charge in [0, 0.05) is 13.1 Å². The zero-order valence-corrected chi connectivity index (χ0v) is 12.9. The monoisotopic (exact) mass is 285 g/mol. The van der Waals surface area contributed by atoms with Crippen molar-refractivity contribution in [2.45, 2.75) is 32.6 Å². The molecule has 0 aromatic heterocycles. The first-order chi connectivity index (χ1) is 10.2. The Morgan fingerprint density at radius 1 is 1.38 bits per heavy atom. The molecule has 112 valence electrons. The molecule has 3 heteroatoms. The summed E-state index contributed by atoms with van der Waals surface area (Å²) in [5.74, 6) is 6.80. The summed E-state index contributed by atoms with van der Waals surface area (Å²) in [5.41, 5.74) is 1.33. The Morgan fingerprint density at radius 3 is 2.81 bits per heavy atom. The molecule has 1 unspecified atom stereocenters. The van der Waals surface area contributed by atoms with Gasteiger partial charge in [0.1, 0.15) is 5.75 Å². The van der Waals surface area contributed by atoms with Crippen molar-refractivity contribution in [1.82, 2.24) is 4.90 Å². The summed E-state index contributed by atoms with van der Waals surface area (Å²) >= 11 is 0. The lowest BCUT2D eigenvalue weighted by Crippen LogP contribution is -2.39. The molecule has 1 aliphatic heterocycles. The van der Waals surface area contributed by atoms with E-state index in [0.29, 0.717) is 5.92 Å². The number of hydrogen-bond acceptors (Lipinski definition) is 2. The zero-order chi connectivity index (χ0) is 15.1. The summed E-state index contributed by atoms with van der Waals surface area (Å²) in [6.07, 6.45) is 4.47. The number of aryl methyl sites for hydroxylation is 1. The van der Waals surface area contributed by atoms with Crippen molar-refractivity contribution in [2.24, 2.45) is 5.92 Å². The number of carbonyl (C=O) groups is 1. The fourth-order valence-electron chi connectivity index (χ4n) is 2.83. The van der Waals surface area contributed by atoms with Gasteiger partial charge in [0.15, 0.2) is 0 Å². The highest BCUT2D eigenvalue weighted by Gasteiger charge is 2.22. The van der Waals surface area contributed by atoms with Crippen LogP contribution in [0.2, 0.25) is 0 Å². The van der Waals surface area contributed by atoms with Crippen LogP contribution in [0.1, 0.15) is 31.7 Å². The Kier molecular flexibility index (Phi) is 5.68. The number of likely N-dealkylation sites (tertiary alicyclic amines) is 1. The van der Waals surface area contributed by atoms with Gasteiger partial charge in [-0.05, 0) is 62.1 Å². The van der Waals surface area contributed by atoms with E-state index in [1.165, 1.54) is 12.0 Å². The van der Waals surface area contributed by atoms with E-state index in [0.717, 1.165) is 38.1 Å². The molecule has 2 rings (SSSR count). The van der Waals surface area contributed by atoms with E-state index in [9.17, 15) is 4.79 Å². The van der Waals surface area contributed by atoms with Crippen LogP contribution in [0.5, 0.6) is 5.75 Å². The molecule has 0 saturated carbocycles. The molecule has 0 spiro atoms. The second-order valence-corrected chi connectivity index (χ2v) is 5.52. The minimum atomic E-state index is -0.0216. The van der Waals surface area contributed by atoms with Crippen LogP contribution in [0.4, 0.5) is 0 Å². The van der Waals surface area contributed by atoms with Crippen molar-refractivity contribution < 1.29 is 9.53 Å². The quantitative estimate of drug-likeness (QED) is 0.796. The first-order valence-electron chi connectivity index (χ1n) is 7.57. The number of carbonyl (C=O) groups excluding carboxylic acids is 1. The van der Waals surface area contributed by atoms with Gasteiger partial charge in [0.2, 0.25) is 0 Å². The van der Waals surface area contributed by atoms with Gasteiger partial charge < -0.3 is 9.64 Å². The normalized spacial score (nSPS) is 17.8. The predicted molar refractivity (Wildman–Crippen MR) is 84.1 cm³/mol. The second-order valence-electron chi connectivity index (χ2n) is 5.52. The van der Waals surface area contributed by atoms with E-state index >= 15 is 0 Å². The molecule has 1 aromatic carbocycles. The largest absolute Gasteiger partial charge is 0.497 e. The van der Waals surface area contributed by atoms with Gasteiger partial charge in [-0.2, -0.15) is 0 Å². The molecular weight excluding hydrogens is 262 g/mol. The number of hydrogen-bond donors (Lipinski definition) is 0. The molecule has 1 heterocycles. The van der Waals surface area contributed by atoms with E-state index in [4.69, 9.17) is 4.74 Å². The molecule has 0 aliphatic carbocycles. The van der Waals surface area contributed by atoms with E-state index in [2.05, 4.69) is 24.0 Å². The minimum absolute atomic E-state index is 0.0216. The molecule has 3 nitrogen and oxygen atoms in total. The van der Waals surface area contributed by atoms with Gasteiger partial charge >= 0.3 is 0 Å². The smallest absolute Gasteiger partial charge is 0.298 e. The number of rotatable bonds is 4. The average molecular weight is 285 g/mol. The fourth-order valence-corrected chi connectivity index (χ4v) is 2.83. The lowest BCUT2D eigenvalue weighted by Gasteiger charge is -2.31. The van der Waals surface area contributed by atoms with Gasteiger partial charge in [-0.3, -0.25) is 4.79 Å². The molecule has 1 aliphatic rings. The third kappa shape index (κ3) is 4.53. The molecule has 1 atom stereocenters. The molecule has 21 heavy (non-hydrogen) atoms. The van der Waals surface area contributed by atoms with Crippen LogP contribution >= 0.6 is 0 Å². The van der Waals surface area contributed by atoms with E-state index in [1.54, 1.807) is 14.0 Å². The van der Waals surface area contributed by atoms with Crippen molar-refractivity contribution in [1.29, 1.82) is 0 Å². The maximum absolute atomic E-state index is 11.8. The first kappa shape index (κ1) is 15.4. The van der Waals surface area contributed by atoms with E-state index in [-0.39, 0.29) is 5.91 Å². The number of ether oxygens (including phenoxy) is 1. The summed E-state index contributed by atoms with van der Waals surface area (Å²) < 4.78 is 5.17. The van der Waals surface area contributed by atoms with Crippen molar-refractivity contribution in [3.8, 4) is 17.6 Å². The Bertz CT molecular complexity index is 524. The first-order valence-corrected chi connectivity index (χ1v) is 7.57. The highest BCUT2D eigenvalue weighted by Crippen LogP contribution is 2.22. The van der Waals surface area contributed by atoms with Crippen LogP contribution in [0.15, 0.2) is 24.3 Å². The number of piperidine rings is 1. The van der Waals surface area contributed by atoms with Crippen LogP contribution in [0.25, 0.3) is 0 Å². The van der Waals surface area contributed by atoms with Crippen LogP contribution in [-0.2, 0) is 11.2 Å². The van der Waals surface area contributed by atoms with Gasteiger partial charge in [0.25, 0.3) is 5.91 Å².